The highest BCUT2D eigenvalue weighted by Gasteiger charge is 2.38. The number of hydrogen-bond acceptors (Lipinski definition) is 6. The molecule has 1 N–H and O–H groups in total. The van der Waals surface area contributed by atoms with E-state index in [1.165, 1.54) is 20.3 Å². The highest BCUT2D eigenvalue weighted by Crippen LogP contribution is 2.32. The van der Waals surface area contributed by atoms with E-state index in [2.05, 4.69) is 5.32 Å². The molecule has 0 saturated carbocycles. The van der Waals surface area contributed by atoms with Crippen LogP contribution in [0.1, 0.15) is 12.5 Å². The van der Waals surface area contributed by atoms with E-state index in [0.29, 0.717) is 29.4 Å². The number of methoxy groups -OCH3 is 2. The number of nitrogens with zero attached hydrogens (tertiary/aromatic N) is 1. The molecule has 0 aliphatic carbocycles. The van der Waals surface area contributed by atoms with Gasteiger partial charge in [-0.1, -0.05) is 18.2 Å². The number of nitrogens with one attached hydrogen (secondary N) is 1. The molecule has 8 nitrogen and oxygen atoms in total. The fourth-order valence-corrected chi connectivity index (χ4v) is 2.90. The van der Waals surface area contributed by atoms with Crippen LogP contribution in [0.2, 0.25) is 0 Å². The second-order valence-electron chi connectivity index (χ2n) is 5.97. The molecular formula is C21H20N2O6. The van der Waals surface area contributed by atoms with Crippen molar-refractivity contribution >= 4 is 29.6 Å². The fraction of sp³-hybridized carbons (Fsp3) is 0.190. The van der Waals surface area contributed by atoms with Gasteiger partial charge in [-0.05, 0) is 42.8 Å². The van der Waals surface area contributed by atoms with Crippen molar-refractivity contribution < 1.29 is 28.6 Å². The van der Waals surface area contributed by atoms with Crippen molar-refractivity contribution in [3.05, 3.63) is 53.6 Å². The van der Waals surface area contributed by atoms with Crippen molar-refractivity contribution in [2.45, 2.75) is 6.92 Å². The number of rotatable bonds is 6. The maximum atomic E-state index is 13.0. The van der Waals surface area contributed by atoms with Gasteiger partial charge in [0.15, 0.2) is 11.5 Å². The van der Waals surface area contributed by atoms with Crippen LogP contribution in [-0.2, 0) is 9.59 Å². The number of carbonyl (C=O) groups is 3. The highest BCUT2D eigenvalue weighted by atomic mass is 16.5. The van der Waals surface area contributed by atoms with Crippen LogP contribution in [0.25, 0.3) is 6.08 Å². The molecular weight excluding hydrogens is 376 g/mol. The average molecular weight is 396 g/mol. The van der Waals surface area contributed by atoms with E-state index < -0.39 is 17.8 Å². The SMILES string of the molecule is CCOc1ccccc1N1C(=O)NC(=O)/C(=C/c2ccc(OC)c(OC)c2)C1=O. The van der Waals surface area contributed by atoms with E-state index in [1.807, 2.05) is 0 Å². The van der Waals surface area contributed by atoms with Crippen molar-refractivity contribution in [2.24, 2.45) is 0 Å². The first-order chi connectivity index (χ1) is 14.0. The second-order valence-corrected chi connectivity index (χ2v) is 5.97. The van der Waals surface area contributed by atoms with Crippen LogP contribution in [0.3, 0.4) is 0 Å². The molecule has 1 fully saturated rings. The number of urea groups is 1. The lowest BCUT2D eigenvalue weighted by Crippen LogP contribution is -2.54. The number of para-hydroxylation sites is 2. The van der Waals surface area contributed by atoms with Gasteiger partial charge in [0, 0.05) is 0 Å². The second kappa shape index (κ2) is 8.47. The lowest BCUT2D eigenvalue weighted by molar-refractivity contribution is -0.122. The summed E-state index contributed by atoms with van der Waals surface area (Å²) < 4.78 is 16.0. The number of amides is 4. The third-order valence-electron chi connectivity index (χ3n) is 4.23. The molecule has 1 heterocycles. The molecule has 1 aliphatic heterocycles. The van der Waals surface area contributed by atoms with Crippen LogP contribution in [0.15, 0.2) is 48.0 Å². The van der Waals surface area contributed by atoms with E-state index in [9.17, 15) is 14.4 Å². The third-order valence-corrected chi connectivity index (χ3v) is 4.23. The van der Waals surface area contributed by atoms with Gasteiger partial charge in [0.25, 0.3) is 11.8 Å². The fourth-order valence-electron chi connectivity index (χ4n) is 2.90. The molecule has 1 saturated heterocycles. The van der Waals surface area contributed by atoms with Crippen molar-refractivity contribution in [1.82, 2.24) is 5.32 Å². The molecule has 8 heteroatoms. The summed E-state index contributed by atoms with van der Waals surface area (Å²) in [4.78, 5) is 38.7. The minimum atomic E-state index is -0.836. The van der Waals surface area contributed by atoms with Crippen LogP contribution in [0.5, 0.6) is 17.2 Å². The first-order valence-electron chi connectivity index (χ1n) is 8.85. The molecule has 1 aliphatic rings. The summed E-state index contributed by atoms with van der Waals surface area (Å²) in [5.74, 6) is -0.212. The van der Waals surface area contributed by atoms with Crippen LogP contribution >= 0.6 is 0 Å². The standard InChI is InChI=1S/C21H20N2O6/c1-4-29-16-8-6-5-7-15(16)23-20(25)14(19(24)22-21(23)26)11-13-9-10-17(27-2)18(12-13)28-3/h5-12H,4H2,1-3H3,(H,22,24,26)/b14-11-. The van der Waals surface area contributed by atoms with E-state index in [0.717, 1.165) is 4.90 Å². The number of barbiturate groups is 1. The molecule has 3 rings (SSSR count). The Labute approximate surface area is 167 Å². The lowest BCUT2D eigenvalue weighted by Gasteiger charge is -2.27. The van der Waals surface area contributed by atoms with Gasteiger partial charge in [-0.25, -0.2) is 9.69 Å². The Balaban J connectivity index is 2.03. The summed E-state index contributed by atoms with van der Waals surface area (Å²) in [5, 5.41) is 2.20. The predicted octanol–water partition coefficient (Wildman–Crippen LogP) is 2.77. The molecule has 0 aromatic heterocycles. The Morgan fingerprint density at radius 3 is 2.38 bits per heavy atom. The minimum absolute atomic E-state index is 0.192. The molecule has 0 spiro atoms. The average Bonchev–Trinajstić information content (AvgIpc) is 2.72. The lowest BCUT2D eigenvalue weighted by atomic mass is 10.1. The summed E-state index contributed by atoms with van der Waals surface area (Å²) >= 11 is 0. The molecule has 2 aromatic carbocycles. The summed E-state index contributed by atoms with van der Waals surface area (Å²) in [7, 11) is 2.99. The number of anilines is 1. The zero-order valence-corrected chi connectivity index (χ0v) is 16.2. The molecule has 0 radical (unpaired) electrons. The monoisotopic (exact) mass is 396 g/mol. The van der Waals surface area contributed by atoms with Crippen LogP contribution in [0, 0.1) is 0 Å². The van der Waals surface area contributed by atoms with E-state index in [4.69, 9.17) is 14.2 Å². The third kappa shape index (κ3) is 3.91. The molecule has 0 unspecified atom stereocenters. The quantitative estimate of drug-likeness (QED) is 0.596. The first kappa shape index (κ1) is 19.9. The van der Waals surface area contributed by atoms with Gasteiger partial charge in [-0.3, -0.25) is 14.9 Å². The maximum absolute atomic E-state index is 13.0. The van der Waals surface area contributed by atoms with Gasteiger partial charge in [0.2, 0.25) is 0 Å². The van der Waals surface area contributed by atoms with Crippen LogP contribution in [0.4, 0.5) is 10.5 Å². The largest absolute Gasteiger partial charge is 0.493 e. The zero-order chi connectivity index (χ0) is 21.0. The zero-order valence-electron chi connectivity index (χ0n) is 16.2. The van der Waals surface area contributed by atoms with E-state index in [1.54, 1.807) is 49.4 Å². The smallest absolute Gasteiger partial charge is 0.336 e. The Morgan fingerprint density at radius 2 is 1.69 bits per heavy atom. The Morgan fingerprint density at radius 1 is 0.966 bits per heavy atom. The van der Waals surface area contributed by atoms with Crippen molar-refractivity contribution in [3.63, 3.8) is 0 Å². The molecule has 0 atom stereocenters. The van der Waals surface area contributed by atoms with Crippen molar-refractivity contribution in [2.75, 3.05) is 25.7 Å². The Kier molecular flexibility index (Phi) is 5.82. The number of benzene rings is 2. The number of ether oxygens (including phenoxy) is 3. The van der Waals surface area contributed by atoms with E-state index >= 15 is 0 Å². The number of hydrogen-bond donors (Lipinski definition) is 1. The maximum Gasteiger partial charge on any atom is 0.336 e. The topological polar surface area (TPSA) is 94.2 Å². The Hall–Kier alpha value is -3.81. The molecule has 29 heavy (non-hydrogen) atoms. The summed E-state index contributed by atoms with van der Waals surface area (Å²) in [5.41, 5.74) is 0.597. The van der Waals surface area contributed by atoms with Gasteiger partial charge in [0.05, 0.1) is 26.5 Å². The summed E-state index contributed by atoms with van der Waals surface area (Å²) in [6.45, 7) is 2.15. The summed E-state index contributed by atoms with van der Waals surface area (Å²) in [6.07, 6.45) is 1.39. The van der Waals surface area contributed by atoms with Crippen LogP contribution in [-0.4, -0.2) is 38.7 Å². The van der Waals surface area contributed by atoms with Gasteiger partial charge in [-0.15, -0.1) is 0 Å². The highest BCUT2D eigenvalue weighted by molar-refractivity contribution is 6.39. The van der Waals surface area contributed by atoms with Crippen LogP contribution < -0.4 is 24.4 Å². The predicted molar refractivity (Wildman–Crippen MR) is 106 cm³/mol. The minimum Gasteiger partial charge on any atom is -0.493 e. The number of imide groups is 2. The van der Waals surface area contributed by atoms with Gasteiger partial charge in [-0.2, -0.15) is 0 Å². The van der Waals surface area contributed by atoms with Gasteiger partial charge in [0.1, 0.15) is 11.3 Å². The normalized spacial score (nSPS) is 15.3. The Bertz CT molecular complexity index is 998. The van der Waals surface area contributed by atoms with Crippen molar-refractivity contribution in [1.29, 1.82) is 0 Å². The number of carbonyl (C=O) groups excluding carboxylic acids is 3. The molecule has 0 bridgehead atoms. The summed E-state index contributed by atoms with van der Waals surface area (Å²) in [6, 6.07) is 10.7. The molecule has 2 aromatic rings. The molecule has 4 amide bonds. The van der Waals surface area contributed by atoms with Gasteiger partial charge < -0.3 is 14.2 Å². The van der Waals surface area contributed by atoms with Crippen molar-refractivity contribution in [3.8, 4) is 17.2 Å². The van der Waals surface area contributed by atoms with E-state index in [-0.39, 0.29) is 11.3 Å². The van der Waals surface area contributed by atoms with Gasteiger partial charge >= 0.3 is 6.03 Å². The first-order valence-corrected chi connectivity index (χ1v) is 8.85. The molecule has 150 valence electrons.